The van der Waals surface area contributed by atoms with Crippen LogP contribution in [0.15, 0.2) is 36.4 Å². The van der Waals surface area contributed by atoms with Gasteiger partial charge in [0.05, 0.1) is 18.0 Å². The molecular weight excluding hydrogens is 384 g/mol. The van der Waals surface area contributed by atoms with Crippen molar-refractivity contribution in [2.24, 2.45) is 0 Å². The molecule has 0 spiro atoms. The highest BCUT2D eigenvalue weighted by atomic mass is 32.2. The minimum absolute atomic E-state index is 0.225. The maximum absolute atomic E-state index is 13.2. The van der Waals surface area contributed by atoms with E-state index in [4.69, 9.17) is 0 Å². The molecule has 5 nitrogen and oxygen atoms in total. The Morgan fingerprint density at radius 1 is 1.00 bits per heavy atom. The normalized spacial score (nSPS) is 13.6. The molecule has 1 amide bonds. The highest BCUT2D eigenvalue weighted by molar-refractivity contribution is 7.92. The Morgan fingerprint density at radius 3 is 2.14 bits per heavy atom. The zero-order chi connectivity index (χ0) is 21.9. The first kappa shape index (κ1) is 22.9. The van der Waals surface area contributed by atoms with Crippen LogP contribution < -0.4 is 9.62 Å². The van der Waals surface area contributed by atoms with E-state index in [1.807, 2.05) is 71.9 Å². The van der Waals surface area contributed by atoms with Crippen LogP contribution in [0.1, 0.15) is 54.1 Å². The van der Waals surface area contributed by atoms with Gasteiger partial charge in [0, 0.05) is 0 Å². The van der Waals surface area contributed by atoms with Gasteiger partial charge in [0.15, 0.2) is 0 Å². The number of nitrogens with zero attached hydrogens (tertiary/aromatic N) is 1. The van der Waals surface area contributed by atoms with Crippen LogP contribution in [-0.4, -0.2) is 26.6 Å². The topological polar surface area (TPSA) is 66.5 Å². The van der Waals surface area contributed by atoms with Crippen molar-refractivity contribution in [2.45, 2.75) is 60.0 Å². The second kappa shape index (κ2) is 8.99. The van der Waals surface area contributed by atoms with E-state index >= 15 is 0 Å². The predicted octanol–water partition coefficient (Wildman–Crippen LogP) is 4.34. The molecule has 0 aromatic heterocycles. The largest absolute Gasteiger partial charge is 0.348 e. The molecule has 0 heterocycles. The molecule has 29 heavy (non-hydrogen) atoms. The number of hydrogen-bond donors (Lipinski definition) is 1. The van der Waals surface area contributed by atoms with E-state index in [1.54, 1.807) is 0 Å². The van der Waals surface area contributed by atoms with Crippen molar-refractivity contribution in [3.63, 3.8) is 0 Å². The van der Waals surface area contributed by atoms with Crippen LogP contribution in [0.3, 0.4) is 0 Å². The summed E-state index contributed by atoms with van der Waals surface area (Å²) in [7, 11) is -3.66. The monoisotopic (exact) mass is 416 g/mol. The van der Waals surface area contributed by atoms with Crippen molar-refractivity contribution in [3.8, 4) is 0 Å². The first-order chi connectivity index (χ1) is 13.5. The lowest BCUT2D eigenvalue weighted by atomic mass is 10.00. The lowest BCUT2D eigenvalue weighted by molar-refractivity contribution is -0.122. The van der Waals surface area contributed by atoms with E-state index in [1.165, 1.54) is 4.31 Å². The minimum Gasteiger partial charge on any atom is -0.348 e. The van der Waals surface area contributed by atoms with Gasteiger partial charge < -0.3 is 5.32 Å². The van der Waals surface area contributed by atoms with Gasteiger partial charge in [-0.05, 0) is 69.4 Å². The number of anilines is 1. The van der Waals surface area contributed by atoms with Crippen LogP contribution >= 0.6 is 0 Å². The summed E-state index contributed by atoms with van der Waals surface area (Å²) in [5.74, 6) is -0.300. The van der Waals surface area contributed by atoms with Crippen LogP contribution in [0.2, 0.25) is 0 Å². The number of hydrogen-bond acceptors (Lipinski definition) is 3. The van der Waals surface area contributed by atoms with E-state index in [0.29, 0.717) is 12.1 Å². The van der Waals surface area contributed by atoms with E-state index in [-0.39, 0.29) is 11.9 Å². The summed E-state index contributed by atoms with van der Waals surface area (Å²) in [6, 6.07) is 10.7. The fourth-order valence-corrected chi connectivity index (χ4v) is 4.95. The van der Waals surface area contributed by atoms with Gasteiger partial charge >= 0.3 is 0 Å². The molecule has 0 aliphatic carbocycles. The fourth-order valence-electron chi connectivity index (χ4n) is 3.69. The summed E-state index contributed by atoms with van der Waals surface area (Å²) in [5.41, 5.74) is 5.59. The molecule has 2 rings (SSSR count). The molecule has 0 aliphatic heterocycles. The molecule has 0 unspecified atom stereocenters. The van der Waals surface area contributed by atoms with Crippen molar-refractivity contribution in [3.05, 3.63) is 64.2 Å². The van der Waals surface area contributed by atoms with Crippen LogP contribution in [0.25, 0.3) is 0 Å². The molecule has 2 atom stereocenters. The summed E-state index contributed by atoms with van der Waals surface area (Å²) >= 11 is 0. The van der Waals surface area contributed by atoms with Crippen molar-refractivity contribution < 1.29 is 13.2 Å². The van der Waals surface area contributed by atoms with Gasteiger partial charge in [0.1, 0.15) is 6.04 Å². The average Bonchev–Trinajstić information content (AvgIpc) is 2.60. The number of sulfonamides is 1. The maximum atomic E-state index is 13.2. The summed E-state index contributed by atoms with van der Waals surface area (Å²) < 4.78 is 26.7. The molecule has 158 valence electrons. The standard InChI is InChI=1S/C23H32N2O3S/c1-8-21(23(26)24-19(6)20-12-10-15(2)13-18(20)5)25(29(7,27)28)22-14-16(3)9-11-17(22)4/h9-14,19,21H,8H2,1-7H3,(H,24,26)/t19-,21-/m0/s1. The number of aryl methyl sites for hydroxylation is 4. The van der Waals surface area contributed by atoms with E-state index in [2.05, 4.69) is 11.4 Å². The number of rotatable bonds is 7. The third-order valence-electron chi connectivity index (χ3n) is 5.18. The van der Waals surface area contributed by atoms with Crippen molar-refractivity contribution >= 4 is 21.6 Å². The molecule has 2 aromatic carbocycles. The van der Waals surface area contributed by atoms with Gasteiger partial charge in [0.25, 0.3) is 0 Å². The van der Waals surface area contributed by atoms with E-state index in [0.717, 1.165) is 34.1 Å². The Bertz CT molecular complexity index is 999. The predicted molar refractivity (Wildman–Crippen MR) is 120 cm³/mol. The highest BCUT2D eigenvalue weighted by Gasteiger charge is 2.33. The van der Waals surface area contributed by atoms with Crippen LogP contribution in [0, 0.1) is 27.7 Å². The summed E-state index contributed by atoms with van der Waals surface area (Å²) in [6.07, 6.45) is 1.52. The number of amides is 1. The van der Waals surface area contributed by atoms with Gasteiger partial charge in [0.2, 0.25) is 15.9 Å². The van der Waals surface area contributed by atoms with Gasteiger partial charge in [-0.3, -0.25) is 9.10 Å². The maximum Gasteiger partial charge on any atom is 0.244 e. The van der Waals surface area contributed by atoms with E-state index in [9.17, 15) is 13.2 Å². The number of carbonyl (C=O) groups is 1. The second-order valence-corrected chi connectivity index (χ2v) is 9.72. The Labute approximate surface area is 175 Å². The van der Waals surface area contributed by atoms with Crippen molar-refractivity contribution in [2.75, 3.05) is 10.6 Å². The van der Waals surface area contributed by atoms with Crippen LogP contribution in [0.5, 0.6) is 0 Å². The molecule has 1 N–H and O–H groups in total. The Balaban J connectivity index is 2.39. The molecule has 0 fully saturated rings. The Kier molecular flexibility index (Phi) is 7.11. The molecule has 0 radical (unpaired) electrons. The highest BCUT2D eigenvalue weighted by Crippen LogP contribution is 2.28. The summed E-state index contributed by atoms with van der Waals surface area (Å²) in [4.78, 5) is 13.2. The smallest absolute Gasteiger partial charge is 0.244 e. The molecule has 2 aromatic rings. The molecular formula is C23H32N2O3S. The van der Waals surface area contributed by atoms with Crippen molar-refractivity contribution in [1.82, 2.24) is 5.32 Å². The van der Waals surface area contributed by atoms with Gasteiger partial charge in [-0.25, -0.2) is 8.42 Å². The molecule has 0 saturated heterocycles. The Morgan fingerprint density at radius 2 is 1.59 bits per heavy atom. The molecule has 0 aliphatic rings. The second-order valence-electron chi connectivity index (χ2n) is 7.86. The first-order valence-corrected chi connectivity index (χ1v) is 11.7. The number of nitrogens with one attached hydrogen (secondary N) is 1. The summed E-state index contributed by atoms with van der Waals surface area (Å²) in [5, 5.41) is 3.02. The Hall–Kier alpha value is -2.34. The summed E-state index contributed by atoms with van der Waals surface area (Å²) in [6.45, 7) is 11.6. The molecule has 0 saturated carbocycles. The van der Waals surface area contributed by atoms with Crippen LogP contribution in [-0.2, 0) is 14.8 Å². The lowest BCUT2D eigenvalue weighted by Crippen LogP contribution is -2.50. The lowest BCUT2D eigenvalue weighted by Gasteiger charge is -2.32. The van der Waals surface area contributed by atoms with Gasteiger partial charge in [-0.15, -0.1) is 0 Å². The zero-order valence-corrected chi connectivity index (χ0v) is 19.2. The van der Waals surface area contributed by atoms with Crippen LogP contribution in [0.4, 0.5) is 5.69 Å². The average molecular weight is 417 g/mol. The van der Waals surface area contributed by atoms with Gasteiger partial charge in [-0.1, -0.05) is 42.8 Å². The zero-order valence-electron chi connectivity index (χ0n) is 18.4. The third kappa shape index (κ3) is 5.38. The fraction of sp³-hybridized carbons (Fsp3) is 0.435. The number of benzene rings is 2. The minimum atomic E-state index is -3.66. The molecule has 6 heteroatoms. The third-order valence-corrected chi connectivity index (χ3v) is 6.35. The quantitative estimate of drug-likeness (QED) is 0.730. The SMILES string of the molecule is CC[C@@H](C(=O)N[C@@H](C)c1ccc(C)cc1C)N(c1cc(C)ccc1C)S(C)(=O)=O. The number of carbonyl (C=O) groups excluding carboxylic acids is 1. The van der Waals surface area contributed by atoms with E-state index < -0.39 is 16.1 Å². The van der Waals surface area contributed by atoms with Crippen molar-refractivity contribution in [1.29, 1.82) is 0 Å². The van der Waals surface area contributed by atoms with Gasteiger partial charge in [-0.2, -0.15) is 0 Å². The first-order valence-electron chi connectivity index (χ1n) is 9.89. The molecule has 0 bridgehead atoms.